The summed E-state index contributed by atoms with van der Waals surface area (Å²) < 4.78 is 12.8. The van der Waals surface area contributed by atoms with E-state index in [1.54, 1.807) is 22.0 Å². The highest BCUT2D eigenvalue weighted by atomic mass is 79.9. The summed E-state index contributed by atoms with van der Waals surface area (Å²) >= 11 is 3.72. The van der Waals surface area contributed by atoms with E-state index in [1.807, 2.05) is 30.3 Å². The fourth-order valence-corrected chi connectivity index (χ4v) is 8.07. The van der Waals surface area contributed by atoms with Crippen LogP contribution in [0.4, 0.5) is 0 Å². The zero-order valence-electron chi connectivity index (χ0n) is 26.8. The lowest BCUT2D eigenvalue weighted by Crippen LogP contribution is -2.57. The van der Waals surface area contributed by atoms with Crippen molar-refractivity contribution in [3.8, 4) is 0 Å². The second kappa shape index (κ2) is 16.7. The molecule has 252 valence electrons. The monoisotopic (exact) mass is 701 g/mol. The number of fused-ring (bicyclic) bond motifs is 1. The average molecular weight is 703 g/mol. The first-order valence-corrected chi connectivity index (χ1v) is 17.4. The highest BCUT2D eigenvalue weighted by Crippen LogP contribution is 2.60. The number of rotatable bonds is 19. The smallest absolute Gasteiger partial charge is 0.313 e. The number of benzene rings is 1. The molecule has 1 aromatic carbocycles. The Balaban J connectivity index is 1.64. The first kappa shape index (κ1) is 35.8. The second-order valence-electron chi connectivity index (χ2n) is 12.4. The topological polar surface area (TPSA) is 125 Å². The number of unbranched alkanes of at least 4 members (excludes halogenated alkanes) is 3. The third kappa shape index (κ3) is 7.58. The van der Waals surface area contributed by atoms with E-state index in [-0.39, 0.29) is 48.7 Å². The quantitative estimate of drug-likeness (QED) is 0.0964. The number of likely N-dealkylation sites (tertiary alicyclic amines) is 1. The Kier molecular flexibility index (Phi) is 13.0. The van der Waals surface area contributed by atoms with E-state index >= 15 is 0 Å². The minimum atomic E-state index is -1.21. The summed E-state index contributed by atoms with van der Waals surface area (Å²) in [5.41, 5.74) is -0.501. The lowest BCUT2D eigenvalue weighted by Gasteiger charge is -2.37. The summed E-state index contributed by atoms with van der Waals surface area (Å²) in [6, 6.07) is 8.25. The van der Waals surface area contributed by atoms with Crippen molar-refractivity contribution in [3.05, 3.63) is 61.2 Å². The molecule has 3 saturated heterocycles. The number of halogens is 1. The molecule has 0 saturated carbocycles. The largest absolute Gasteiger partial charge is 0.455 e. The van der Waals surface area contributed by atoms with E-state index in [0.717, 1.165) is 19.3 Å². The third-order valence-corrected chi connectivity index (χ3v) is 10.1. The van der Waals surface area contributed by atoms with Crippen molar-refractivity contribution >= 4 is 39.6 Å². The maximum atomic E-state index is 14.4. The molecular formula is C35H48BrN3O7. The summed E-state index contributed by atoms with van der Waals surface area (Å²) in [6.07, 6.45) is 6.85. The molecule has 2 N–H and O–H groups in total. The number of aliphatic hydroxyl groups is 1. The number of carbonyl (C=O) groups excluding carboxylic acids is 4. The molecule has 1 spiro atoms. The van der Waals surface area contributed by atoms with Crippen molar-refractivity contribution in [1.82, 2.24) is 15.1 Å². The van der Waals surface area contributed by atoms with Gasteiger partial charge < -0.3 is 29.7 Å². The number of esters is 1. The van der Waals surface area contributed by atoms with Crippen molar-refractivity contribution in [1.29, 1.82) is 0 Å². The Bertz CT molecular complexity index is 1250. The van der Waals surface area contributed by atoms with E-state index in [1.165, 1.54) is 0 Å². The van der Waals surface area contributed by atoms with Gasteiger partial charge in [0.2, 0.25) is 17.7 Å². The molecule has 0 radical (unpaired) electrons. The van der Waals surface area contributed by atoms with Crippen LogP contribution >= 0.6 is 15.9 Å². The van der Waals surface area contributed by atoms with Crippen molar-refractivity contribution in [3.63, 3.8) is 0 Å². The van der Waals surface area contributed by atoms with Crippen LogP contribution in [0.3, 0.4) is 0 Å². The summed E-state index contributed by atoms with van der Waals surface area (Å²) in [7, 11) is 0. The highest BCUT2D eigenvalue weighted by molar-refractivity contribution is 9.09. The minimum absolute atomic E-state index is 0.0309. The Morgan fingerprint density at radius 3 is 2.63 bits per heavy atom. The molecule has 1 unspecified atom stereocenters. The zero-order valence-corrected chi connectivity index (χ0v) is 28.4. The standard InChI is InChI=1S/C35H48BrN3O7/c1-4-7-12-19-38(18-6-3)33(43)31-35-22-25(36)30(46-35)28(29(35)32(42)39(31)20-13-14-21-40)34(44)45-26(24-15-10-9-11-16-24)23-37-27(41)17-8-5-2/h5-6,9-11,15-16,25-26,28-31,40H,2-4,7-8,12-14,17-23H2,1H3,(H,37,41)/t25?,26-,28+,29-,30+,31+,35-/m0/s1. The number of nitrogens with one attached hydrogen (secondary N) is 1. The Morgan fingerprint density at radius 1 is 1.20 bits per heavy atom. The van der Waals surface area contributed by atoms with Crippen LogP contribution in [-0.2, 0) is 28.7 Å². The number of ether oxygens (including phenoxy) is 2. The maximum Gasteiger partial charge on any atom is 0.313 e. The molecule has 7 atom stereocenters. The van der Waals surface area contributed by atoms with Crippen molar-refractivity contribution < 1.29 is 33.8 Å². The van der Waals surface area contributed by atoms with Gasteiger partial charge in [-0.05, 0) is 37.7 Å². The van der Waals surface area contributed by atoms with Gasteiger partial charge in [0.1, 0.15) is 17.7 Å². The molecule has 3 aliphatic heterocycles. The molecule has 0 aliphatic carbocycles. The summed E-state index contributed by atoms with van der Waals surface area (Å²) in [5, 5.41) is 12.3. The fraction of sp³-hybridized carbons (Fsp3) is 0.600. The van der Waals surface area contributed by atoms with Gasteiger partial charge in [0.25, 0.3) is 0 Å². The molecule has 0 aromatic heterocycles. The first-order chi connectivity index (χ1) is 22.2. The molecule has 11 heteroatoms. The van der Waals surface area contributed by atoms with Gasteiger partial charge in [-0.3, -0.25) is 19.2 Å². The van der Waals surface area contributed by atoms with Crippen LogP contribution < -0.4 is 5.32 Å². The van der Waals surface area contributed by atoms with Crippen LogP contribution in [0.25, 0.3) is 0 Å². The molecule has 3 aliphatic rings. The maximum absolute atomic E-state index is 14.4. The predicted octanol–water partition coefficient (Wildman–Crippen LogP) is 4.08. The third-order valence-electron chi connectivity index (χ3n) is 9.29. The van der Waals surface area contributed by atoms with Crippen LogP contribution in [-0.4, -0.2) is 94.0 Å². The average Bonchev–Trinajstić information content (AvgIpc) is 3.65. The molecule has 1 aromatic rings. The predicted molar refractivity (Wildman–Crippen MR) is 178 cm³/mol. The fourth-order valence-electron chi connectivity index (χ4n) is 7.13. The van der Waals surface area contributed by atoms with E-state index < -0.39 is 41.7 Å². The molecule has 2 bridgehead atoms. The van der Waals surface area contributed by atoms with Gasteiger partial charge >= 0.3 is 5.97 Å². The van der Waals surface area contributed by atoms with Crippen LogP contribution in [0.2, 0.25) is 0 Å². The first-order valence-electron chi connectivity index (χ1n) is 16.5. The minimum Gasteiger partial charge on any atom is -0.455 e. The van der Waals surface area contributed by atoms with E-state index in [0.29, 0.717) is 44.3 Å². The van der Waals surface area contributed by atoms with E-state index in [9.17, 15) is 24.3 Å². The van der Waals surface area contributed by atoms with E-state index in [4.69, 9.17) is 9.47 Å². The number of nitrogens with zero attached hydrogens (tertiary/aromatic N) is 2. The van der Waals surface area contributed by atoms with Gasteiger partial charge in [-0.25, -0.2) is 0 Å². The summed E-state index contributed by atoms with van der Waals surface area (Å²) in [4.78, 5) is 58.3. The number of carbonyl (C=O) groups is 4. The van der Waals surface area contributed by atoms with E-state index in [2.05, 4.69) is 41.3 Å². The molecule has 46 heavy (non-hydrogen) atoms. The van der Waals surface area contributed by atoms with Gasteiger partial charge in [-0.2, -0.15) is 0 Å². The molecule has 3 fully saturated rings. The summed E-state index contributed by atoms with van der Waals surface area (Å²) in [6.45, 7) is 10.8. The Morgan fingerprint density at radius 2 is 1.96 bits per heavy atom. The lowest BCUT2D eigenvalue weighted by molar-refractivity contribution is -0.160. The number of hydrogen-bond donors (Lipinski definition) is 2. The number of alkyl halides is 1. The van der Waals surface area contributed by atoms with Crippen LogP contribution in [0, 0.1) is 11.8 Å². The van der Waals surface area contributed by atoms with Crippen molar-refractivity contribution in [2.45, 2.75) is 87.0 Å². The number of aliphatic hydroxyl groups excluding tert-OH is 1. The molecule has 10 nitrogen and oxygen atoms in total. The lowest BCUT2D eigenvalue weighted by atomic mass is 9.70. The molecular weight excluding hydrogens is 654 g/mol. The van der Waals surface area contributed by atoms with Gasteiger partial charge in [0.15, 0.2) is 0 Å². The molecule has 3 heterocycles. The van der Waals surface area contributed by atoms with Gasteiger partial charge in [0.05, 0.1) is 24.5 Å². The number of allylic oxidation sites excluding steroid dienone is 1. The van der Waals surface area contributed by atoms with Gasteiger partial charge in [-0.1, -0.05) is 78.2 Å². The zero-order chi connectivity index (χ0) is 33.3. The second-order valence-corrected chi connectivity index (χ2v) is 13.5. The normalized spacial score (nSPS) is 26.8. The van der Waals surface area contributed by atoms with Gasteiger partial charge in [-0.15, -0.1) is 13.2 Å². The van der Waals surface area contributed by atoms with Crippen molar-refractivity contribution in [2.24, 2.45) is 11.8 Å². The number of hydrogen-bond acceptors (Lipinski definition) is 7. The van der Waals surface area contributed by atoms with Crippen LogP contribution in [0.1, 0.15) is 70.0 Å². The number of amides is 3. The molecule has 4 rings (SSSR count). The Hall–Kier alpha value is -3.02. The van der Waals surface area contributed by atoms with Crippen LogP contribution in [0.5, 0.6) is 0 Å². The molecule has 3 amide bonds. The highest BCUT2D eigenvalue weighted by Gasteiger charge is 2.77. The van der Waals surface area contributed by atoms with Crippen LogP contribution in [0.15, 0.2) is 55.6 Å². The van der Waals surface area contributed by atoms with Gasteiger partial charge in [0, 0.05) is 37.5 Å². The van der Waals surface area contributed by atoms with Crippen molar-refractivity contribution in [2.75, 3.05) is 32.8 Å². The summed E-state index contributed by atoms with van der Waals surface area (Å²) in [5.74, 6) is -3.15. The Labute approximate surface area is 280 Å². The SMILES string of the molecule is C=CCCC(=O)NC[C@H](OC(=O)[C@H]1[C@@H]2O[C@@]3(CC2Br)[C@@H]1C(=O)N(CCCCO)[C@@H]3C(=O)N(CC=C)CCCCC)c1ccccc1.